The van der Waals surface area contributed by atoms with Crippen molar-refractivity contribution < 1.29 is 0 Å². The molecule has 6 heteroatoms. The Hall–Kier alpha value is -1.85. The zero-order chi connectivity index (χ0) is 14.5. The fourth-order valence-corrected chi connectivity index (χ4v) is 1.88. The van der Waals surface area contributed by atoms with Gasteiger partial charge in [0.2, 0.25) is 5.95 Å². The van der Waals surface area contributed by atoms with Crippen molar-refractivity contribution in [1.82, 2.24) is 14.9 Å². The van der Waals surface area contributed by atoms with Gasteiger partial charge >= 0.3 is 0 Å². The first-order chi connectivity index (χ1) is 9.56. The van der Waals surface area contributed by atoms with E-state index >= 15 is 0 Å². The Morgan fingerprint density at radius 1 is 1.30 bits per heavy atom. The number of nitrogen functional groups attached to an aromatic ring is 1. The third-order valence-corrected chi connectivity index (χ3v) is 3.18. The molecule has 0 aliphatic rings. The highest BCUT2D eigenvalue weighted by Gasteiger charge is 2.06. The Bertz CT molecular complexity index is 586. The molecule has 1 aromatic carbocycles. The zero-order valence-electron chi connectivity index (χ0n) is 11.6. The van der Waals surface area contributed by atoms with Crippen molar-refractivity contribution in [3.8, 4) is 0 Å². The van der Waals surface area contributed by atoms with Crippen molar-refractivity contribution >= 4 is 29.1 Å². The Kier molecular flexibility index (Phi) is 4.76. The van der Waals surface area contributed by atoms with E-state index in [2.05, 4.69) is 20.2 Å². The summed E-state index contributed by atoms with van der Waals surface area (Å²) in [5.74, 6) is 0.945. The van der Waals surface area contributed by atoms with Gasteiger partial charge in [0.15, 0.2) is 0 Å². The molecule has 0 aliphatic heterocycles. The van der Waals surface area contributed by atoms with Crippen LogP contribution in [0.4, 0.5) is 17.5 Å². The van der Waals surface area contributed by atoms with Crippen LogP contribution in [0.25, 0.3) is 0 Å². The molecular weight excluding hydrogens is 274 g/mol. The van der Waals surface area contributed by atoms with Crippen LogP contribution in [-0.4, -0.2) is 35.5 Å². The number of benzene rings is 1. The van der Waals surface area contributed by atoms with Gasteiger partial charge in [-0.25, -0.2) is 4.98 Å². The normalized spacial score (nSPS) is 10.8. The summed E-state index contributed by atoms with van der Waals surface area (Å²) in [6.07, 6.45) is 2.58. The van der Waals surface area contributed by atoms with E-state index < -0.39 is 0 Å². The Morgan fingerprint density at radius 2 is 2.05 bits per heavy atom. The molecule has 20 heavy (non-hydrogen) atoms. The average Bonchev–Trinajstić information content (AvgIpc) is 2.40. The van der Waals surface area contributed by atoms with Gasteiger partial charge in [0.05, 0.1) is 10.7 Å². The van der Waals surface area contributed by atoms with Gasteiger partial charge in [0.25, 0.3) is 0 Å². The summed E-state index contributed by atoms with van der Waals surface area (Å²) in [6, 6.07) is 7.43. The number of nitrogens with zero attached hydrogens (tertiary/aromatic N) is 3. The van der Waals surface area contributed by atoms with Crippen LogP contribution >= 0.6 is 11.6 Å². The summed E-state index contributed by atoms with van der Waals surface area (Å²) >= 11 is 6.07. The van der Waals surface area contributed by atoms with Crippen molar-refractivity contribution in [3.05, 3.63) is 41.0 Å². The lowest BCUT2D eigenvalue weighted by Crippen LogP contribution is -2.16. The van der Waals surface area contributed by atoms with E-state index in [1.807, 2.05) is 32.3 Å². The number of rotatable bonds is 5. The van der Waals surface area contributed by atoms with Crippen molar-refractivity contribution in [2.45, 2.75) is 6.42 Å². The Morgan fingerprint density at radius 3 is 2.70 bits per heavy atom. The molecule has 0 spiro atoms. The molecule has 1 aromatic heterocycles. The van der Waals surface area contributed by atoms with Crippen LogP contribution in [0, 0.1) is 0 Å². The van der Waals surface area contributed by atoms with Crippen molar-refractivity contribution in [3.63, 3.8) is 0 Å². The van der Waals surface area contributed by atoms with Gasteiger partial charge in [0.1, 0.15) is 5.82 Å². The molecule has 0 atom stereocenters. The molecule has 0 unspecified atom stereocenters. The van der Waals surface area contributed by atoms with Crippen LogP contribution in [0.15, 0.2) is 30.5 Å². The summed E-state index contributed by atoms with van der Waals surface area (Å²) in [5, 5.41) is 3.68. The third kappa shape index (κ3) is 3.82. The SMILES string of the molecule is CN(C)CCc1cnc(Nc2ccccc2Cl)nc1N. The van der Waals surface area contributed by atoms with Crippen molar-refractivity contribution in [2.24, 2.45) is 0 Å². The average molecular weight is 292 g/mol. The number of nitrogens with one attached hydrogen (secondary N) is 1. The highest BCUT2D eigenvalue weighted by molar-refractivity contribution is 6.33. The first-order valence-corrected chi connectivity index (χ1v) is 6.71. The number of para-hydroxylation sites is 1. The fraction of sp³-hybridized carbons (Fsp3) is 0.286. The number of hydrogen-bond acceptors (Lipinski definition) is 5. The molecule has 2 aromatic rings. The van der Waals surface area contributed by atoms with E-state index in [0.29, 0.717) is 16.8 Å². The molecular formula is C14H18ClN5. The van der Waals surface area contributed by atoms with Gasteiger partial charge in [-0.15, -0.1) is 0 Å². The number of nitrogens with two attached hydrogens (primary N) is 1. The number of anilines is 3. The van der Waals surface area contributed by atoms with Gasteiger partial charge in [-0.05, 0) is 32.6 Å². The minimum atomic E-state index is 0.448. The fourth-order valence-electron chi connectivity index (χ4n) is 1.70. The maximum absolute atomic E-state index is 6.07. The Labute approximate surface area is 123 Å². The van der Waals surface area contributed by atoms with Gasteiger partial charge in [-0.1, -0.05) is 23.7 Å². The third-order valence-electron chi connectivity index (χ3n) is 2.85. The Balaban J connectivity index is 2.11. The standard InChI is InChI=1S/C14H18ClN5/c1-20(2)8-7-10-9-17-14(19-13(10)16)18-12-6-4-3-5-11(12)15/h3-6,9H,7-8H2,1-2H3,(H3,16,17,18,19). The quantitative estimate of drug-likeness (QED) is 0.886. The second kappa shape index (κ2) is 6.54. The van der Waals surface area contributed by atoms with E-state index in [1.165, 1.54) is 0 Å². The minimum absolute atomic E-state index is 0.448. The zero-order valence-corrected chi connectivity index (χ0v) is 12.4. The number of hydrogen-bond donors (Lipinski definition) is 2. The number of aromatic nitrogens is 2. The summed E-state index contributed by atoms with van der Waals surface area (Å²) in [5.41, 5.74) is 7.66. The maximum Gasteiger partial charge on any atom is 0.229 e. The number of halogens is 1. The van der Waals surface area contributed by atoms with E-state index in [0.717, 1.165) is 24.2 Å². The molecule has 3 N–H and O–H groups in total. The van der Waals surface area contributed by atoms with Crippen LogP contribution in [0.3, 0.4) is 0 Å². The van der Waals surface area contributed by atoms with E-state index in [9.17, 15) is 0 Å². The molecule has 106 valence electrons. The first kappa shape index (κ1) is 14.6. The highest BCUT2D eigenvalue weighted by atomic mass is 35.5. The topological polar surface area (TPSA) is 67.1 Å². The second-order valence-corrected chi connectivity index (χ2v) is 5.17. The summed E-state index contributed by atoms with van der Waals surface area (Å²) < 4.78 is 0. The van der Waals surface area contributed by atoms with Crippen LogP contribution < -0.4 is 11.1 Å². The number of likely N-dealkylation sites (N-methyl/N-ethyl adjacent to an activating group) is 1. The largest absolute Gasteiger partial charge is 0.383 e. The van der Waals surface area contributed by atoms with E-state index in [1.54, 1.807) is 12.3 Å². The predicted molar refractivity (Wildman–Crippen MR) is 83.4 cm³/mol. The van der Waals surface area contributed by atoms with Gasteiger partial charge in [-0.2, -0.15) is 4.98 Å². The highest BCUT2D eigenvalue weighted by Crippen LogP contribution is 2.23. The smallest absolute Gasteiger partial charge is 0.229 e. The molecule has 0 saturated heterocycles. The van der Waals surface area contributed by atoms with Crippen molar-refractivity contribution in [2.75, 3.05) is 31.7 Å². The summed E-state index contributed by atoms with van der Waals surface area (Å²) in [6.45, 7) is 0.908. The molecule has 0 fully saturated rings. The summed E-state index contributed by atoms with van der Waals surface area (Å²) in [7, 11) is 4.04. The molecule has 0 amide bonds. The van der Waals surface area contributed by atoms with Gasteiger partial charge < -0.3 is 16.0 Å². The van der Waals surface area contributed by atoms with Crippen LogP contribution in [-0.2, 0) is 6.42 Å². The molecule has 2 rings (SSSR count). The monoisotopic (exact) mass is 291 g/mol. The lowest BCUT2D eigenvalue weighted by Gasteiger charge is -2.11. The van der Waals surface area contributed by atoms with Crippen LogP contribution in [0.5, 0.6) is 0 Å². The molecule has 0 bridgehead atoms. The predicted octanol–water partition coefficient (Wildman–Crippen LogP) is 2.56. The van der Waals surface area contributed by atoms with Crippen LogP contribution in [0.2, 0.25) is 5.02 Å². The van der Waals surface area contributed by atoms with Gasteiger partial charge in [-0.3, -0.25) is 0 Å². The second-order valence-electron chi connectivity index (χ2n) is 4.76. The molecule has 0 radical (unpaired) electrons. The molecule has 1 heterocycles. The van der Waals surface area contributed by atoms with Crippen LogP contribution in [0.1, 0.15) is 5.56 Å². The van der Waals surface area contributed by atoms with E-state index in [4.69, 9.17) is 17.3 Å². The van der Waals surface area contributed by atoms with E-state index in [-0.39, 0.29) is 0 Å². The van der Waals surface area contributed by atoms with Gasteiger partial charge in [0, 0.05) is 18.3 Å². The molecule has 0 saturated carbocycles. The lowest BCUT2D eigenvalue weighted by molar-refractivity contribution is 0.413. The minimum Gasteiger partial charge on any atom is -0.383 e. The first-order valence-electron chi connectivity index (χ1n) is 6.34. The van der Waals surface area contributed by atoms with Crippen molar-refractivity contribution in [1.29, 1.82) is 0 Å². The summed E-state index contributed by atoms with van der Waals surface area (Å²) in [4.78, 5) is 10.6. The lowest BCUT2D eigenvalue weighted by atomic mass is 10.2. The molecule has 5 nitrogen and oxygen atoms in total. The maximum atomic E-state index is 6.07. The molecule has 0 aliphatic carbocycles.